The van der Waals surface area contributed by atoms with Crippen LogP contribution in [0.25, 0.3) is 0 Å². The van der Waals surface area contributed by atoms with Crippen LogP contribution in [-0.2, 0) is 6.54 Å². The number of thiophene rings is 1. The lowest BCUT2D eigenvalue weighted by Gasteiger charge is -2.32. The Hall–Kier alpha value is -0.340. The number of hydrogen-bond acceptors (Lipinski definition) is 3. The van der Waals surface area contributed by atoms with Crippen LogP contribution in [-0.4, -0.2) is 55.0 Å². The van der Waals surface area contributed by atoms with E-state index in [2.05, 4.69) is 37.6 Å². The number of rotatable bonds is 3. The molecule has 2 aliphatic rings. The Labute approximate surface area is 155 Å². The van der Waals surface area contributed by atoms with Crippen molar-refractivity contribution in [1.82, 2.24) is 15.1 Å². The predicted molar refractivity (Wildman–Crippen MR) is 105 cm³/mol. The Morgan fingerprint density at radius 3 is 2.82 bits per heavy atom. The van der Waals surface area contributed by atoms with Crippen molar-refractivity contribution in [1.29, 1.82) is 0 Å². The molecule has 124 valence electrons. The number of nitrogens with zero attached hydrogens (tertiary/aromatic N) is 3. The summed E-state index contributed by atoms with van der Waals surface area (Å²) in [4.78, 5) is 10.9. The molecule has 1 aromatic heterocycles. The van der Waals surface area contributed by atoms with E-state index < -0.39 is 0 Å². The first-order chi connectivity index (χ1) is 10.4. The Morgan fingerprint density at radius 2 is 2.14 bits per heavy atom. The molecule has 3 rings (SSSR count). The zero-order valence-electron chi connectivity index (χ0n) is 13.3. The summed E-state index contributed by atoms with van der Waals surface area (Å²) in [6.45, 7) is 5.73. The number of hydrogen-bond donors (Lipinski definition) is 1. The van der Waals surface area contributed by atoms with Crippen molar-refractivity contribution < 1.29 is 0 Å². The van der Waals surface area contributed by atoms with E-state index in [0.717, 1.165) is 31.6 Å². The van der Waals surface area contributed by atoms with Gasteiger partial charge in [-0.1, -0.05) is 12.5 Å². The van der Waals surface area contributed by atoms with Crippen LogP contribution in [0.3, 0.4) is 0 Å². The quantitative estimate of drug-likeness (QED) is 0.451. The second-order valence-electron chi connectivity index (χ2n) is 5.97. The molecule has 0 amide bonds. The van der Waals surface area contributed by atoms with Gasteiger partial charge in [-0.2, -0.15) is 0 Å². The minimum Gasteiger partial charge on any atom is -0.351 e. The molecule has 2 aliphatic heterocycles. The molecule has 0 bridgehead atoms. The van der Waals surface area contributed by atoms with Gasteiger partial charge in [0.1, 0.15) is 0 Å². The van der Waals surface area contributed by atoms with Gasteiger partial charge in [-0.3, -0.25) is 9.89 Å². The Kier molecular flexibility index (Phi) is 7.43. The van der Waals surface area contributed by atoms with Gasteiger partial charge in [-0.15, -0.1) is 35.3 Å². The van der Waals surface area contributed by atoms with Crippen molar-refractivity contribution >= 4 is 41.3 Å². The fourth-order valence-corrected chi connectivity index (χ4v) is 4.07. The molecule has 0 aromatic carbocycles. The Balaban J connectivity index is 0.00000176. The largest absolute Gasteiger partial charge is 0.351 e. The second kappa shape index (κ2) is 9.08. The molecular weight excluding hydrogens is 407 g/mol. The first-order valence-corrected chi connectivity index (χ1v) is 8.97. The third kappa shape index (κ3) is 4.58. The molecule has 2 saturated heterocycles. The molecular formula is C16H27IN4S. The predicted octanol–water partition coefficient (Wildman–Crippen LogP) is 3.00. The number of nitrogens with one attached hydrogen (secondary N) is 1. The van der Waals surface area contributed by atoms with E-state index in [0.29, 0.717) is 0 Å². The zero-order valence-corrected chi connectivity index (χ0v) is 16.5. The highest BCUT2D eigenvalue weighted by Gasteiger charge is 2.29. The molecule has 2 fully saturated rings. The van der Waals surface area contributed by atoms with Gasteiger partial charge < -0.3 is 10.2 Å². The van der Waals surface area contributed by atoms with E-state index >= 15 is 0 Å². The van der Waals surface area contributed by atoms with Gasteiger partial charge in [0.25, 0.3) is 0 Å². The number of aliphatic imine (C=N–C) groups is 1. The molecule has 1 N–H and O–H groups in total. The van der Waals surface area contributed by atoms with E-state index in [-0.39, 0.29) is 24.0 Å². The standard InChI is InChI=1S/C16H26N4S.HI/c1-17-16(18-12-15-6-5-11-21-15)20-10-7-14(13-20)19-8-3-2-4-9-19;/h5-6,11,14H,2-4,7-10,12-13H2,1H3,(H,17,18);1H. The molecule has 1 aromatic rings. The Bertz CT molecular complexity index is 457. The summed E-state index contributed by atoms with van der Waals surface area (Å²) < 4.78 is 0. The van der Waals surface area contributed by atoms with E-state index in [1.54, 1.807) is 11.3 Å². The van der Waals surface area contributed by atoms with Crippen LogP contribution in [0.5, 0.6) is 0 Å². The fraction of sp³-hybridized carbons (Fsp3) is 0.688. The summed E-state index contributed by atoms with van der Waals surface area (Å²) in [6, 6.07) is 5.00. The first kappa shape index (κ1) is 18.0. The molecule has 3 heterocycles. The van der Waals surface area contributed by atoms with Gasteiger partial charge in [0, 0.05) is 31.1 Å². The Morgan fingerprint density at radius 1 is 1.32 bits per heavy atom. The van der Waals surface area contributed by atoms with Gasteiger partial charge in [-0.25, -0.2) is 0 Å². The lowest BCUT2D eigenvalue weighted by molar-refractivity contribution is 0.168. The van der Waals surface area contributed by atoms with Gasteiger partial charge >= 0.3 is 0 Å². The first-order valence-electron chi connectivity index (χ1n) is 8.09. The van der Waals surface area contributed by atoms with Crippen LogP contribution in [0.15, 0.2) is 22.5 Å². The highest BCUT2D eigenvalue weighted by Crippen LogP contribution is 2.20. The summed E-state index contributed by atoms with van der Waals surface area (Å²) >= 11 is 1.80. The van der Waals surface area contributed by atoms with Gasteiger partial charge in [0.05, 0.1) is 6.54 Å². The number of piperidine rings is 1. The highest BCUT2D eigenvalue weighted by atomic mass is 127. The maximum absolute atomic E-state index is 4.47. The smallest absolute Gasteiger partial charge is 0.193 e. The lowest BCUT2D eigenvalue weighted by atomic mass is 10.1. The maximum atomic E-state index is 4.47. The van der Waals surface area contributed by atoms with Crippen LogP contribution >= 0.6 is 35.3 Å². The summed E-state index contributed by atoms with van der Waals surface area (Å²) in [5, 5.41) is 5.63. The van der Waals surface area contributed by atoms with Crippen molar-refractivity contribution in [2.75, 3.05) is 33.2 Å². The number of halogens is 1. The average molecular weight is 434 g/mol. The fourth-order valence-electron chi connectivity index (χ4n) is 3.43. The van der Waals surface area contributed by atoms with Gasteiger partial charge in [0.2, 0.25) is 0 Å². The van der Waals surface area contributed by atoms with Crippen molar-refractivity contribution in [3.05, 3.63) is 22.4 Å². The van der Waals surface area contributed by atoms with E-state index in [1.807, 2.05) is 7.05 Å². The van der Waals surface area contributed by atoms with Crippen LogP contribution in [0.1, 0.15) is 30.6 Å². The monoisotopic (exact) mass is 434 g/mol. The van der Waals surface area contributed by atoms with Crippen molar-refractivity contribution in [3.8, 4) is 0 Å². The van der Waals surface area contributed by atoms with Gasteiger partial charge in [-0.05, 0) is 43.8 Å². The summed E-state index contributed by atoms with van der Waals surface area (Å²) in [7, 11) is 1.89. The zero-order chi connectivity index (χ0) is 14.5. The molecule has 1 atom stereocenters. The molecule has 0 aliphatic carbocycles. The number of likely N-dealkylation sites (tertiary alicyclic amines) is 2. The lowest BCUT2D eigenvalue weighted by Crippen LogP contribution is -2.44. The van der Waals surface area contributed by atoms with Crippen molar-refractivity contribution in [3.63, 3.8) is 0 Å². The molecule has 22 heavy (non-hydrogen) atoms. The van der Waals surface area contributed by atoms with Crippen molar-refractivity contribution in [2.24, 2.45) is 4.99 Å². The minimum absolute atomic E-state index is 0. The maximum Gasteiger partial charge on any atom is 0.193 e. The van der Waals surface area contributed by atoms with E-state index in [9.17, 15) is 0 Å². The second-order valence-corrected chi connectivity index (χ2v) is 7.00. The van der Waals surface area contributed by atoms with Crippen LogP contribution < -0.4 is 5.32 Å². The molecule has 1 unspecified atom stereocenters. The van der Waals surface area contributed by atoms with Crippen LogP contribution in [0.2, 0.25) is 0 Å². The van der Waals surface area contributed by atoms with E-state index in [4.69, 9.17) is 0 Å². The minimum atomic E-state index is 0. The molecule has 0 radical (unpaired) electrons. The average Bonchev–Trinajstić information content (AvgIpc) is 3.20. The van der Waals surface area contributed by atoms with Crippen LogP contribution in [0.4, 0.5) is 0 Å². The molecule has 6 heteroatoms. The molecule has 0 saturated carbocycles. The summed E-state index contributed by atoms with van der Waals surface area (Å²) in [6.07, 6.45) is 5.44. The van der Waals surface area contributed by atoms with Crippen molar-refractivity contribution in [2.45, 2.75) is 38.3 Å². The topological polar surface area (TPSA) is 30.9 Å². The summed E-state index contributed by atoms with van der Waals surface area (Å²) in [5.74, 6) is 1.06. The normalized spacial score (nSPS) is 23.4. The van der Waals surface area contributed by atoms with Crippen LogP contribution in [0, 0.1) is 0 Å². The molecule has 0 spiro atoms. The van der Waals surface area contributed by atoms with Gasteiger partial charge in [0.15, 0.2) is 5.96 Å². The molecule has 4 nitrogen and oxygen atoms in total. The summed E-state index contributed by atoms with van der Waals surface area (Å²) in [5.41, 5.74) is 0. The highest BCUT2D eigenvalue weighted by molar-refractivity contribution is 14.0. The SMILES string of the molecule is CN=C(NCc1cccs1)N1CCC(N2CCCCC2)C1.I. The third-order valence-corrected chi connectivity index (χ3v) is 5.46. The third-order valence-electron chi connectivity index (χ3n) is 4.58. The van der Waals surface area contributed by atoms with E-state index in [1.165, 1.54) is 43.6 Å². The number of guanidine groups is 1.